The Kier molecular flexibility index (Phi) is 8.47. The highest BCUT2D eigenvalue weighted by Gasteiger charge is 2.32. The van der Waals surface area contributed by atoms with Crippen LogP contribution in [-0.4, -0.2) is 62.6 Å². The Morgan fingerprint density at radius 1 is 1.14 bits per heavy atom. The summed E-state index contributed by atoms with van der Waals surface area (Å²) in [6, 6.07) is 14.9. The highest BCUT2D eigenvalue weighted by atomic mass is 32.1. The molecule has 0 bridgehead atoms. The molecule has 1 N–H and O–H groups in total. The van der Waals surface area contributed by atoms with Gasteiger partial charge in [0.05, 0.1) is 11.5 Å². The van der Waals surface area contributed by atoms with Gasteiger partial charge in [-0.3, -0.25) is 9.69 Å². The molecule has 1 amide bonds. The summed E-state index contributed by atoms with van der Waals surface area (Å²) < 4.78 is 7.25. The van der Waals surface area contributed by atoms with Gasteiger partial charge in [-0.05, 0) is 94.5 Å². The average Bonchev–Trinajstić information content (AvgIpc) is 3.24. The summed E-state index contributed by atoms with van der Waals surface area (Å²) in [6.07, 6.45) is 2.23. The van der Waals surface area contributed by atoms with E-state index in [-0.39, 0.29) is 5.91 Å². The van der Waals surface area contributed by atoms with Crippen molar-refractivity contribution in [1.82, 2.24) is 15.1 Å². The number of rotatable bonds is 11. The van der Waals surface area contributed by atoms with E-state index in [2.05, 4.69) is 74.2 Å². The van der Waals surface area contributed by atoms with Gasteiger partial charge in [0.15, 0.2) is 0 Å². The highest BCUT2D eigenvalue weighted by molar-refractivity contribution is 7.20. The van der Waals surface area contributed by atoms with E-state index in [1.54, 1.807) is 11.3 Å². The second-order valence-corrected chi connectivity index (χ2v) is 11.2. The first-order chi connectivity index (χ1) is 16.8. The fourth-order valence-corrected chi connectivity index (χ4v) is 5.79. The van der Waals surface area contributed by atoms with Crippen LogP contribution in [-0.2, 0) is 0 Å². The topological polar surface area (TPSA) is 44.8 Å². The Morgan fingerprint density at radius 3 is 2.66 bits per heavy atom. The largest absolute Gasteiger partial charge is 0.493 e. The number of hydrogen-bond acceptors (Lipinski definition) is 5. The average molecular weight is 494 g/mol. The van der Waals surface area contributed by atoms with Gasteiger partial charge in [0.2, 0.25) is 0 Å². The molecule has 35 heavy (non-hydrogen) atoms. The molecule has 3 aromatic rings. The second-order valence-electron chi connectivity index (χ2n) is 10.1. The monoisotopic (exact) mass is 493 g/mol. The molecular weight excluding hydrogens is 454 g/mol. The number of unbranched alkanes of at least 4 members (excludes halogenated alkanes) is 1. The van der Waals surface area contributed by atoms with E-state index < -0.39 is 0 Å². The molecule has 1 aliphatic rings. The highest BCUT2D eigenvalue weighted by Crippen LogP contribution is 2.34. The molecule has 188 valence electrons. The summed E-state index contributed by atoms with van der Waals surface area (Å²) in [5.41, 5.74) is 3.94. The van der Waals surface area contributed by atoms with E-state index in [1.165, 1.54) is 16.7 Å². The molecule has 5 nitrogen and oxygen atoms in total. The second kappa shape index (κ2) is 11.5. The molecule has 1 fully saturated rings. The molecular formula is C29H39N3O2S. The minimum atomic E-state index is 0.0430. The Balaban J connectivity index is 1.24. The molecule has 0 radical (unpaired) electrons. The van der Waals surface area contributed by atoms with Crippen molar-refractivity contribution in [3.63, 3.8) is 0 Å². The number of nitrogens with zero attached hydrogens (tertiary/aromatic N) is 2. The number of hydrogen-bond donors (Lipinski definition) is 1. The van der Waals surface area contributed by atoms with Crippen LogP contribution >= 0.6 is 11.3 Å². The van der Waals surface area contributed by atoms with Gasteiger partial charge in [0, 0.05) is 36.3 Å². The lowest BCUT2D eigenvalue weighted by atomic mass is 9.91. The molecule has 1 atom stereocenters. The SMILES string of the molecule is Cc1c(OCCCCN(C)C)ccc(C(C)N2CC(CNC(=O)c3cc4ccccc4s3)C2)c1C. The van der Waals surface area contributed by atoms with Crippen LogP contribution in [0.4, 0.5) is 0 Å². The zero-order valence-electron chi connectivity index (χ0n) is 21.8. The maximum atomic E-state index is 12.6. The normalized spacial score (nSPS) is 15.4. The minimum Gasteiger partial charge on any atom is -0.493 e. The van der Waals surface area contributed by atoms with Gasteiger partial charge in [0.25, 0.3) is 5.91 Å². The molecule has 1 aliphatic heterocycles. The molecule has 0 spiro atoms. The van der Waals surface area contributed by atoms with Crippen molar-refractivity contribution >= 4 is 27.3 Å². The van der Waals surface area contributed by atoms with E-state index >= 15 is 0 Å². The molecule has 0 saturated carbocycles. The van der Waals surface area contributed by atoms with Crippen LogP contribution in [0, 0.1) is 19.8 Å². The number of fused-ring (bicyclic) bond motifs is 1. The van der Waals surface area contributed by atoms with Crippen LogP contribution in [0.15, 0.2) is 42.5 Å². The Labute approximate surface area is 214 Å². The van der Waals surface area contributed by atoms with E-state index in [9.17, 15) is 4.79 Å². The van der Waals surface area contributed by atoms with Crippen molar-refractivity contribution in [3.05, 3.63) is 64.0 Å². The molecule has 6 heteroatoms. The van der Waals surface area contributed by atoms with Crippen LogP contribution in [0.5, 0.6) is 5.75 Å². The van der Waals surface area contributed by atoms with Gasteiger partial charge in [0.1, 0.15) is 5.75 Å². The number of carbonyl (C=O) groups is 1. The standard InChI is InChI=1S/C29H39N3O2S/c1-20-21(2)26(34-15-9-8-14-31(4)5)13-12-25(20)22(3)32-18-23(19-32)17-30-29(33)28-16-24-10-6-7-11-27(24)35-28/h6-7,10-13,16,22-23H,8-9,14-15,17-19H2,1-5H3,(H,30,33). The van der Waals surface area contributed by atoms with Gasteiger partial charge in [-0.1, -0.05) is 24.3 Å². The summed E-state index contributed by atoms with van der Waals surface area (Å²) in [4.78, 5) is 18.1. The van der Waals surface area contributed by atoms with Gasteiger partial charge in [-0.15, -0.1) is 11.3 Å². The zero-order valence-corrected chi connectivity index (χ0v) is 22.6. The zero-order chi connectivity index (χ0) is 24.9. The van der Waals surface area contributed by atoms with Crippen LogP contribution in [0.1, 0.15) is 52.2 Å². The van der Waals surface area contributed by atoms with Crippen LogP contribution in [0.2, 0.25) is 0 Å². The summed E-state index contributed by atoms with van der Waals surface area (Å²) in [5, 5.41) is 4.29. The molecule has 1 aromatic heterocycles. The predicted molar refractivity (Wildman–Crippen MR) is 147 cm³/mol. The van der Waals surface area contributed by atoms with Crippen molar-refractivity contribution < 1.29 is 9.53 Å². The third-order valence-corrected chi connectivity index (χ3v) is 8.34. The lowest BCUT2D eigenvalue weighted by Gasteiger charge is -2.44. The lowest BCUT2D eigenvalue weighted by Crippen LogP contribution is -2.52. The first-order valence-corrected chi connectivity index (χ1v) is 13.5. The number of likely N-dealkylation sites (tertiary alicyclic amines) is 1. The van der Waals surface area contributed by atoms with Crippen molar-refractivity contribution in [1.29, 1.82) is 0 Å². The quantitative estimate of drug-likeness (QED) is 0.350. The van der Waals surface area contributed by atoms with Gasteiger partial charge >= 0.3 is 0 Å². The van der Waals surface area contributed by atoms with E-state index in [1.807, 2.05) is 18.2 Å². The van der Waals surface area contributed by atoms with E-state index in [4.69, 9.17) is 4.74 Å². The summed E-state index contributed by atoms with van der Waals surface area (Å²) in [7, 11) is 4.22. The first kappa shape index (κ1) is 25.7. The van der Waals surface area contributed by atoms with E-state index in [0.717, 1.165) is 66.3 Å². The Morgan fingerprint density at radius 2 is 1.91 bits per heavy atom. The van der Waals surface area contributed by atoms with Crippen molar-refractivity contribution in [2.45, 2.75) is 39.7 Å². The molecule has 1 saturated heterocycles. The Bertz CT molecular complexity index is 1120. The van der Waals surface area contributed by atoms with Gasteiger partial charge in [-0.2, -0.15) is 0 Å². The number of amides is 1. The van der Waals surface area contributed by atoms with Crippen LogP contribution in [0.3, 0.4) is 0 Å². The number of thiophene rings is 1. The van der Waals surface area contributed by atoms with Crippen molar-refractivity contribution in [2.24, 2.45) is 5.92 Å². The van der Waals surface area contributed by atoms with Crippen LogP contribution < -0.4 is 10.1 Å². The summed E-state index contributed by atoms with van der Waals surface area (Å²) in [6.45, 7) is 11.3. The van der Waals surface area contributed by atoms with Crippen molar-refractivity contribution in [2.75, 3.05) is 46.9 Å². The molecule has 0 aliphatic carbocycles. The fourth-order valence-electron chi connectivity index (χ4n) is 4.81. The molecule has 2 heterocycles. The maximum absolute atomic E-state index is 12.6. The number of benzene rings is 2. The third-order valence-electron chi connectivity index (χ3n) is 7.22. The number of carbonyl (C=O) groups excluding carboxylic acids is 1. The van der Waals surface area contributed by atoms with Crippen LogP contribution in [0.25, 0.3) is 10.1 Å². The lowest BCUT2D eigenvalue weighted by molar-refractivity contribution is 0.0570. The first-order valence-electron chi connectivity index (χ1n) is 12.7. The third kappa shape index (κ3) is 6.24. The smallest absolute Gasteiger partial charge is 0.261 e. The Hall–Kier alpha value is -2.41. The molecule has 2 aromatic carbocycles. The summed E-state index contributed by atoms with van der Waals surface area (Å²) >= 11 is 1.56. The van der Waals surface area contributed by atoms with Crippen molar-refractivity contribution in [3.8, 4) is 5.75 Å². The fraction of sp³-hybridized carbons (Fsp3) is 0.483. The summed E-state index contributed by atoms with van der Waals surface area (Å²) in [5.74, 6) is 1.55. The van der Waals surface area contributed by atoms with Gasteiger partial charge in [-0.25, -0.2) is 0 Å². The predicted octanol–water partition coefficient (Wildman–Crippen LogP) is 5.66. The molecule has 1 unspecified atom stereocenters. The maximum Gasteiger partial charge on any atom is 0.261 e. The minimum absolute atomic E-state index is 0.0430. The molecule has 4 rings (SSSR count). The van der Waals surface area contributed by atoms with Gasteiger partial charge < -0.3 is 15.0 Å². The number of nitrogens with one attached hydrogen (secondary N) is 1. The number of ether oxygens (including phenoxy) is 1. The van der Waals surface area contributed by atoms with E-state index in [0.29, 0.717) is 12.0 Å².